The van der Waals surface area contributed by atoms with E-state index in [9.17, 15) is 8.42 Å². The minimum atomic E-state index is -3.74. The summed E-state index contributed by atoms with van der Waals surface area (Å²) in [6.07, 6.45) is -0.229. The maximum Gasteiger partial charge on any atom is 0.242 e. The third kappa shape index (κ3) is 4.68. The first kappa shape index (κ1) is 17.3. The fourth-order valence-corrected chi connectivity index (χ4v) is 3.28. The molecular formula is C12H17ClN2O3S2. The fourth-order valence-electron chi connectivity index (χ4n) is 1.51. The van der Waals surface area contributed by atoms with Crippen molar-refractivity contribution >= 4 is 38.8 Å². The number of sulfonamides is 1. The molecule has 0 heterocycles. The van der Waals surface area contributed by atoms with Crippen molar-refractivity contribution in [2.24, 2.45) is 5.73 Å². The minimum absolute atomic E-state index is 0.0480. The molecule has 5 nitrogen and oxygen atoms in total. The van der Waals surface area contributed by atoms with Crippen LogP contribution in [0.4, 0.5) is 0 Å². The Labute approximate surface area is 129 Å². The molecule has 0 spiro atoms. The van der Waals surface area contributed by atoms with Crippen LogP contribution in [0.25, 0.3) is 0 Å². The third-order valence-electron chi connectivity index (χ3n) is 2.52. The molecule has 112 valence electrons. The van der Waals surface area contributed by atoms with Gasteiger partial charge in [-0.15, -0.1) is 0 Å². The van der Waals surface area contributed by atoms with E-state index in [-0.39, 0.29) is 27.6 Å². The maximum atomic E-state index is 12.2. The number of nitrogens with one attached hydrogen (secondary N) is 1. The summed E-state index contributed by atoms with van der Waals surface area (Å²) in [5, 5.41) is 0.113. The average Bonchev–Trinajstić information content (AvgIpc) is 2.37. The van der Waals surface area contributed by atoms with Gasteiger partial charge in [0.15, 0.2) is 0 Å². The summed E-state index contributed by atoms with van der Waals surface area (Å²) >= 11 is 10.8. The first-order valence-electron chi connectivity index (χ1n) is 5.98. The number of rotatable bonds is 7. The van der Waals surface area contributed by atoms with Crippen molar-refractivity contribution in [3.63, 3.8) is 0 Å². The van der Waals surface area contributed by atoms with Gasteiger partial charge in [-0.1, -0.05) is 29.9 Å². The number of halogens is 1. The monoisotopic (exact) mass is 336 g/mol. The van der Waals surface area contributed by atoms with Crippen LogP contribution in [0.3, 0.4) is 0 Å². The number of nitrogens with two attached hydrogens (primary N) is 1. The summed E-state index contributed by atoms with van der Waals surface area (Å²) in [6.45, 7) is 4.29. The molecule has 0 saturated heterocycles. The molecule has 0 fully saturated rings. The summed E-state index contributed by atoms with van der Waals surface area (Å²) in [6, 6.07) is 4.39. The summed E-state index contributed by atoms with van der Waals surface area (Å²) in [7, 11) is -3.74. The number of hydrogen-bond donors (Lipinski definition) is 2. The number of thiocarbonyl (C=S) groups is 1. The standard InChI is InChI=1S/C12H17ClN2O3S2/c1-3-18-8(2)7-15-20(16,17)11-6-9(12(14)19)4-5-10(11)13/h4-6,8,15H,3,7H2,1-2H3,(H2,14,19). The van der Waals surface area contributed by atoms with Gasteiger partial charge < -0.3 is 10.5 Å². The quantitative estimate of drug-likeness (QED) is 0.740. The zero-order chi connectivity index (χ0) is 15.3. The molecule has 0 aromatic heterocycles. The Morgan fingerprint density at radius 1 is 1.55 bits per heavy atom. The van der Waals surface area contributed by atoms with Crippen LogP contribution in [0.1, 0.15) is 19.4 Å². The Bertz CT molecular complexity index is 590. The Morgan fingerprint density at radius 2 is 2.20 bits per heavy atom. The van der Waals surface area contributed by atoms with Gasteiger partial charge in [0.1, 0.15) is 9.88 Å². The van der Waals surface area contributed by atoms with Gasteiger partial charge in [0, 0.05) is 18.7 Å². The van der Waals surface area contributed by atoms with Crippen LogP contribution in [0.2, 0.25) is 5.02 Å². The Hall–Kier alpha value is -0.730. The molecule has 20 heavy (non-hydrogen) atoms. The Morgan fingerprint density at radius 3 is 2.75 bits per heavy atom. The Kier molecular flexibility index (Phi) is 6.35. The molecule has 1 atom stereocenters. The van der Waals surface area contributed by atoms with Crippen LogP contribution in [0, 0.1) is 0 Å². The second-order valence-electron chi connectivity index (χ2n) is 4.13. The van der Waals surface area contributed by atoms with Crippen molar-refractivity contribution in [3.05, 3.63) is 28.8 Å². The van der Waals surface area contributed by atoms with Crippen molar-refractivity contribution in [2.45, 2.75) is 24.8 Å². The lowest BCUT2D eigenvalue weighted by Crippen LogP contribution is -2.32. The summed E-state index contributed by atoms with van der Waals surface area (Å²) in [4.78, 5) is 0.0639. The van der Waals surface area contributed by atoms with Crippen LogP contribution in [-0.2, 0) is 14.8 Å². The topological polar surface area (TPSA) is 81.4 Å². The highest BCUT2D eigenvalue weighted by molar-refractivity contribution is 7.89. The molecule has 1 unspecified atom stereocenters. The zero-order valence-corrected chi connectivity index (χ0v) is 13.6. The lowest BCUT2D eigenvalue weighted by Gasteiger charge is -2.14. The molecule has 0 saturated carbocycles. The van der Waals surface area contributed by atoms with Crippen LogP contribution in [0.15, 0.2) is 23.1 Å². The molecule has 1 aromatic carbocycles. The number of benzene rings is 1. The van der Waals surface area contributed by atoms with E-state index in [2.05, 4.69) is 4.72 Å². The lowest BCUT2D eigenvalue weighted by molar-refractivity contribution is 0.0799. The third-order valence-corrected chi connectivity index (χ3v) is 4.66. The van der Waals surface area contributed by atoms with Gasteiger partial charge in [0.05, 0.1) is 11.1 Å². The van der Waals surface area contributed by atoms with Crippen molar-refractivity contribution in [3.8, 4) is 0 Å². The molecule has 0 aliphatic heterocycles. The molecule has 0 radical (unpaired) electrons. The van der Waals surface area contributed by atoms with Gasteiger partial charge in [-0.05, 0) is 26.0 Å². The van der Waals surface area contributed by atoms with Crippen molar-refractivity contribution < 1.29 is 13.2 Å². The van der Waals surface area contributed by atoms with E-state index in [0.717, 1.165) is 0 Å². The fraction of sp³-hybridized carbons (Fsp3) is 0.417. The highest BCUT2D eigenvalue weighted by atomic mass is 35.5. The van der Waals surface area contributed by atoms with Crippen LogP contribution in [0.5, 0.6) is 0 Å². The maximum absolute atomic E-state index is 12.2. The van der Waals surface area contributed by atoms with Gasteiger partial charge in [-0.3, -0.25) is 0 Å². The summed E-state index contributed by atoms with van der Waals surface area (Å²) < 4.78 is 32.1. The smallest absolute Gasteiger partial charge is 0.242 e. The van der Waals surface area contributed by atoms with E-state index in [4.69, 9.17) is 34.3 Å². The predicted molar refractivity (Wildman–Crippen MR) is 83.6 cm³/mol. The van der Waals surface area contributed by atoms with E-state index in [1.54, 1.807) is 13.0 Å². The minimum Gasteiger partial charge on any atom is -0.389 e. The van der Waals surface area contributed by atoms with E-state index >= 15 is 0 Å². The molecule has 0 aliphatic carbocycles. The Balaban J connectivity index is 2.97. The van der Waals surface area contributed by atoms with Crippen LogP contribution < -0.4 is 10.5 Å². The van der Waals surface area contributed by atoms with Gasteiger partial charge in [-0.2, -0.15) is 0 Å². The second-order valence-corrected chi connectivity index (χ2v) is 6.71. The van der Waals surface area contributed by atoms with Gasteiger partial charge in [0.2, 0.25) is 10.0 Å². The molecule has 0 amide bonds. The highest BCUT2D eigenvalue weighted by Gasteiger charge is 2.19. The van der Waals surface area contributed by atoms with Gasteiger partial charge in [0.25, 0.3) is 0 Å². The van der Waals surface area contributed by atoms with Crippen molar-refractivity contribution in [1.82, 2.24) is 4.72 Å². The number of hydrogen-bond acceptors (Lipinski definition) is 4. The van der Waals surface area contributed by atoms with Gasteiger partial charge >= 0.3 is 0 Å². The molecule has 3 N–H and O–H groups in total. The molecular weight excluding hydrogens is 320 g/mol. The van der Waals surface area contributed by atoms with E-state index in [1.807, 2.05) is 6.92 Å². The first-order chi connectivity index (χ1) is 9.27. The van der Waals surface area contributed by atoms with Crippen molar-refractivity contribution in [2.75, 3.05) is 13.2 Å². The van der Waals surface area contributed by atoms with E-state index in [0.29, 0.717) is 12.2 Å². The first-order valence-corrected chi connectivity index (χ1v) is 8.25. The largest absolute Gasteiger partial charge is 0.389 e. The summed E-state index contributed by atoms with van der Waals surface area (Å²) in [5.74, 6) is 0. The molecule has 1 aromatic rings. The van der Waals surface area contributed by atoms with Gasteiger partial charge in [-0.25, -0.2) is 13.1 Å². The van der Waals surface area contributed by atoms with Crippen LogP contribution in [-0.4, -0.2) is 32.7 Å². The summed E-state index contributed by atoms with van der Waals surface area (Å²) in [5.41, 5.74) is 5.94. The molecule has 8 heteroatoms. The SMILES string of the molecule is CCOC(C)CNS(=O)(=O)c1cc(C(N)=S)ccc1Cl. The normalized spacial score (nSPS) is 13.2. The lowest BCUT2D eigenvalue weighted by atomic mass is 10.2. The van der Waals surface area contributed by atoms with E-state index in [1.165, 1.54) is 12.1 Å². The number of ether oxygens (including phenoxy) is 1. The highest BCUT2D eigenvalue weighted by Crippen LogP contribution is 2.22. The molecule has 0 bridgehead atoms. The van der Waals surface area contributed by atoms with E-state index < -0.39 is 10.0 Å². The molecule has 1 rings (SSSR count). The molecule has 0 aliphatic rings. The van der Waals surface area contributed by atoms with Crippen molar-refractivity contribution in [1.29, 1.82) is 0 Å². The van der Waals surface area contributed by atoms with Crippen LogP contribution >= 0.6 is 23.8 Å². The second kappa shape index (κ2) is 7.33. The average molecular weight is 337 g/mol. The predicted octanol–water partition coefficient (Wildman–Crippen LogP) is 1.68. The zero-order valence-electron chi connectivity index (χ0n) is 11.2.